The smallest absolute Gasteiger partial charge is 0.421 e. The minimum atomic E-state index is -6.72. The van der Waals surface area contributed by atoms with E-state index in [4.69, 9.17) is 0 Å². The predicted molar refractivity (Wildman–Crippen MR) is 92.1 cm³/mol. The van der Waals surface area contributed by atoms with E-state index in [9.17, 15) is 43.2 Å². The molecule has 1 fully saturated rings. The fourth-order valence-electron chi connectivity index (χ4n) is 2.92. The molecular formula is C14H26F6N2O4S2. The normalized spacial score (nSPS) is 19.0. The molecule has 0 bridgehead atoms. The molecule has 1 aliphatic heterocycles. The van der Waals surface area contributed by atoms with Crippen LogP contribution < -0.4 is 0 Å². The molecule has 0 aromatic heterocycles. The molecule has 0 N–H and O–H groups in total. The van der Waals surface area contributed by atoms with Crippen LogP contribution in [0, 0.1) is 0 Å². The van der Waals surface area contributed by atoms with E-state index < -0.39 is 31.1 Å². The van der Waals surface area contributed by atoms with E-state index in [1.165, 1.54) is 56.2 Å². The molecule has 1 unspecified atom stereocenters. The Morgan fingerprint density at radius 3 is 1.57 bits per heavy atom. The zero-order chi connectivity index (χ0) is 22.4. The first-order valence-corrected chi connectivity index (χ1v) is 11.6. The van der Waals surface area contributed by atoms with Gasteiger partial charge >= 0.3 is 11.0 Å². The van der Waals surface area contributed by atoms with Crippen LogP contribution in [0.25, 0.3) is 4.13 Å². The maximum atomic E-state index is 11.4. The van der Waals surface area contributed by atoms with Gasteiger partial charge in [-0.15, -0.1) is 0 Å². The van der Waals surface area contributed by atoms with Gasteiger partial charge in [-0.3, -0.25) is 0 Å². The average molecular weight is 464 g/mol. The number of halogens is 6. The van der Waals surface area contributed by atoms with Crippen molar-refractivity contribution in [2.24, 2.45) is 0 Å². The zero-order valence-corrected chi connectivity index (χ0v) is 17.5. The maximum absolute atomic E-state index is 11.4. The summed E-state index contributed by atoms with van der Waals surface area (Å²) >= 11 is 0. The van der Waals surface area contributed by atoms with Gasteiger partial charge in [0.25, 0.3) is 0 Å². The fourth-order valence-corrected chi connectivity index (χ4v) is 4.63. The van der Waals surface area contributed by atoms with Gasteiger partial charge in [-0.25, -0.2) is 16.8 Å². The van der Waals surface area contributed by atoms with Gasteiger partial charge in [0.2, 0.25) is 0 Å². The Kier molecular flexibility index (Phi) is 9.72. The van der Waals surface area contributed by atoms with Crippen molar-refractivity contribution in [2.75, 3.05) is 19.6 Å². The van der Waals surface area contributed by atoms with Crippen LogP contribution in [0.4, 0.5) is 26.3 Å². The van der Waals surface area contributed by atoms with Gasteiger partial charge in [0.15, 0.2) is 20.0 Å². The standard InChI is InChI=1S/C12H26N.C2F6NO4S2/c1-4-6-9-13(12(3)5-2)10-7-8-11-13;3-1(4,5)14(10,11)9-15(12,13)2(6,7)8/h12H,4-11H2,1-3H3;/q+1;-1. The molecule has 1 heterocycles. The second-order valence-corrected chi connectivity index (χ2v) is 10.0. The summed E-state index contributed by atoms with van der Waals surface area (Å²) in [4.78, 5) is 0. The monoisotopic (exact) mass is 464 g/mol. The van der Waals surface area contributed by atoms with Crippen LogP contribution >= 0.6 is 0 Å². The van der Waals surface area contributed by atoms with Gasteiger partial charge < -0.3 is 8.61 Å². The first-order valence-electron chi connectivity index (χ1n) is 8.68. The van der Waals surface area contributed by atoms with Gasteiger partial charge in [0.05, 0.1) is 25.7 Å². The highest BCUT2D eigenvalue weighted by atomic mass is 32.3. The molecule has 170 valence electrons. The van der Waals surface area contributed by atoms with Gasteiger partial charge in [-0.1, -0.05) is 20.3 Å². The quantitative estimate of drug-likeness (QED) is 0.417. The van der Waals surface area contributed by atoms with Gasteiger partial charge in [0.1, 0.15) is 0 Å². The first-order chi connectivity index (χ1) is 12.5. The molecule has 0 radical (unpaired) electrons. The summed E-state index contributed by atoms with van der Waals surface area (Å²) in [5.41, 5.74) is -12.4. The van der Waals surface area contributed by atoms with Gasteiger partial charge in [-0.2, -0.15) is 26.3 Å². The van der Waals surface area contributed by atoms with Gasteiger partial charge in [0, 0.05) is 12.8 Å². The SMILES string of the molecule is CCCC[N+]1(C(C)CC)CCCC1.O=S(=O)([N-]S(=O)(=O)C(F)(F)F)C(F)(F)F. The Morgan fingerprint density at radius 2 is 1.29 bits per heavy atom. The van der Waals surface area contributed by atoms with Crippen LogP contribution in [-0.2, 0) is 20.0 Å². The third kappa shape index (κ3) is 7.34. The Morgan fingerprint density at radius 1 is 0.893 bits per heavy atom. The molecule has 0 aromatic rings. The summed E-state index contributed by atoms with van der Waals surface area (Å²) in [6.45, 7) is 11.4. The van der Waals surface area contributed by atoms with Crippen molar-refractivity contribution in [2.45, 2.75) is 69.9 Å². The van der Waals surface area contributed by atoms with Crippen LogP contribution in [0.2, 0.25) is 0 Å². The summed E-state index contributed by atoms with van der Waals surface area (Å²) in [5.74, 6) is 0. The van der Waals surface area contributed by atoms with E-state index >= 15 is 0 Å². The lowest BCUT2D eigenvalue weighted by atomic mass is 10.1. The number of hydrogen-bond acceptors (Lipinski definition) is 4. The van der Waals surface area contributed by atoms with Crippen molar-refractivity contribution in [1.82, 2.24) is 0 Å². The number of nitrogens with zero attached hydrogens (tertiary/aromatic N) is 2. The molecule has 6 nitrogen and oxygen atoms in total. The maximum Gasteiger partial charge on any atom is 0.480 e. The molecule has 0 spiro atoms. The Labute approximate surface area is 162 Å². The first kappa shape index (κ1) is 27.4. The molecule has 0 saturated carbocycles. The number of sulfonamides is 2. The van der Waals surface area contributed by atoms with Crippen molar-refractivity contribution in [3.8, 4) is 0 Å². The molecule has 28 heavy (non-hydrogen) atoms. The van der Waals surface area contributed by atoms with Crippen LogP contribution in [0.3, 0.4) is 0 Å². The minimum absolute atomic E-state index is 0.778. The largest absolute Gasteiger partial charge is 0.480 e. The second kappa shape index (κ2) is 9.94. The van der Waals surface area contributed by atoms with Gasteiger partial charge in [-0.05, 0) is 19.8 Å². The molecule has 0 amide bonds. The summed E-state index contributed by atoms with van der Waals surface area (Å²) in [7, 11) is -13.4. The van der Waals surface area contributed by atoms with Crippen molar-refractivity contribution in [3.05, 3.63) is 4.13 Å². The van der Waals surface area contributed by atoms with E-state index in [1.54, 1.807) is 0 Å². The summed E-state index contributed by atoms with van der Waals surface area (Å²) in [6, 6.07) is 0.897. The molecule has 1 atom stereocenters. The number of likely N-dealkylation sites (tertiary alicyclic amines) is 1. The molecule has 1 rings (SSSR count). The number of quaternary nitrogens is 1. The third-order valence-corrected chi connectivity index (χ3v) is 7.46. The summed E-state index contributed by atoms with van der Waals surface area (Å²) in [5, 5.41) is 0. The molecule has 0 aliphatic carbocycles. The summed E-state index contributed by atoms with van der Waals surface area (Å²) in [6.07, 6.45) is 7.06. The van der Waals surface area contributed by atoms with Crippen molar-refractivity contribution in [1.29, 1.82) is 0 Å². The highest BCUT2D eigenvalue weighted by Crippen LogP contribution is 2.36. The van der Waals surface area contributed by atoms with E-state index in [-0.39, 0.29) is 0 Å². The van der Waals surface area contributed by atoms with E-state index in [1.807, 2.05) is 0 Å². The van der Waals surface area contributed by atoms with E-state index in [0.29, 0.717) is 0 Å². The predicted octanol–water partition coefficient (Wildman–Crippen LogP) is 4.25. The van der Waals surface area contributed by atoms with E-state index in [0.717, 1.165) is 10.2 Å². The Hall–Kier alpha value is -0.600. The third-order valence-electron chi connectivity index (χ3n) is 4.72. The fraction of sp³-hybridized carbons (Fsp3) is 1.00. The second-order valence-electron chi connectivity index (χ2n) is 6.62. The lowest BCUT2D eigenvalue weighted by Gasteiger charge is -2.40. The lowest BCUT2D eigenvalue weighted by molar-refractivity contribution is -0.939. The number of alkyl halides is 6. The average Bonchev–Trinajstić information content (AvgIpc) is 2.99. The lowest BCUT2D eigenvalue weighted by Crippen LogP contribution is -2.52. The zero-order valence-electron chi connectivity index (χ0n) is 15.8. The van der Waals surface area contributed by atoms with Crippen molar-refractivity contribution < 1.29 is 47.7 Å². The summed E-state index contributed by atoms with van der Waals surface area (Å²) < 4.78 is 111. The van der Waals surface area contributed by atoms with E-state index in [2.05, 4.69) is 20.8 Å². The molecular weight excluding hydrogens is 438 g/mol. The highest BCUT2D eigenvalue weighted by molar-refractivity contribution is 8.13. The van der Waals surface area contributed by atoms with Crippen molar-refractivity contribution in [3.63, 3.8) is 0 Å². The Bertz CT molecular complexity index is 642. The topological polar surface area (TPSA) is 82.4 Å². The van der Waals surface area contributed by atoms with Crippen LogP contribution in [0.15, 0.2) is 0 Å². The molecule has 1 saturated heterocycles. The number of rotatable bonds is 7. The van der Waals surface area contributed by atoms with Crippen LogP contribution in [0.5, 0.6) is 0 Å². The molecule has 0 aromatic carbocycles. The number of unbranched alkanes of at least 4 members (excludes halogenated alkanes) is 1. The van der Waals surface area contributed by atoms with Crippen LogP contribution in [0.1, 0.15) is 52.9 Å². The minimum Gasteiger partial charge on any atom is -0.421 e. The van der Waals surface area contributed by atoms with Crippen molar-refractivity contribution >= 4 is 20.0 Å². The highest BCUT2D eigenvalue weighted by Gasteiger charge is 2.47. The molecule has 14 heteroatoms. The Balaban J connectivity index is 0.000000525. The number of hydrogen-bond donors (Lipinski definition) is 0. The van der Waals surface area contributed by atoms with Crippen LogP contribution in [-0.4, -0.2) is 58.0 Å². The molecule has 1 aliphatic rings.